The van der Waals surface area contributed by atoms with Gasteiger partial charge in [0.1, 0.15) is 6.04 Å². The summed E-state index contributed by atoms with van der Waals surface area (Å²) in [6, 6.07) is 4.71. The average molecular weight is 248 g/mol. The van der Waals surface area contributed by atoms with Crippen LogP contribution < -0.4 is 0 Å². The monoisotopic (exact) mass is 248 g/mol. The largest absolute Gasteiger partial charge is 0.480 e. The molecule has 0 aromatic carbocycles. The molecule has 2 heterocycles. The summed E-state index contributed by atoms with van der Waals surface area (Å²) in [5.41, 5.74) is 0.678. The van der Waals surface area contributed by atoms with Crippen molar-refractivity contribution < 1.29 is 14.7 Å². The molecule has 96 valence electrons. The van der Waals surface area contributed by atoms with Crippen molar-refractivity contribution in [2.45, 2.75) is 31.7 Å². The zero-order chi connectivity index (χ0) is 13.0. The van der Waals surface area contributed by atoms with Crippen molar-refractivity contribution in [3.8, 4) is 0 Å². The maximum Gasteiger partial charge on any atom is 0.326 e. The molecule has 18 heavy (non-hydrogen) atoms. The second kappa shape index (κ2) is 5.62. The van der Waals surface area contributed by atoms with E-state index in [9.17, 15) is 9.59 Å². The fourth-order valence-electron chi connectivity index (χ4n) is 2.25. The Balaban J connectivity index is 2.05. The van der Waals surface area contributed by atoms with Gasteiger partial charge in [-0.25, -0.2) is 4.79 Å². The first-order valence-corrected chi connectivity index (χ1v) is 6.10. The minimum atomic E-state index is -0.913. The van der Waals surface area contributed by atoms with Gasteiger partial charge in [0.05, 0.1) is 6.42 Å². The molecule has 1 fully saturated rings. The van der Waals surface area contributed by atoms with Crippen LogP contribution in [0.15, 0.2) is 24.4 Å². The molecule has 2 rings (SSSR count). The van der Waals surface area contributed by atoms with E-state index >= 15 is 0 Å². The number of hydrogen-bond donors (Lipinski definition) is 1. The maximum atomic E-state index is 12.1. The topological polar surface area (TPSA) is 70.5 Å². The molecule has 1 N–H and O–H groups in total. The number of aliphatic carboxylic acids is 1. The lowest BCUT2D eigenvalue weighted by molar-refractivity contribution is -0.151. The van der Waals surface area contributed by atoms with E-state index in [1.807, 2.05) is 6.07 Å². The fraction of sp³-hybridized carbons (Fsp3) is 0.462. The number of aromatic nitrogens is 1. The number of carbonyl (C=O) groups excluding carboxylic acids is 1. The Kier molecular flexibility index (Phi) is 3.92. The van der Waals surface area contributed by atoms with Gasteiger partial charge in [0.15, 0.2) is 0 Å². The van der Waals surface area contributed by atoms with Crippen LogP contribution in [0.25, 0.3) is 0 Å². The summed E-state index contributed by atoms with van der Waals surface area (Å²) in [7, 11) is 0. The average Bonchev–Trinajstić information content (AvgIpc) is 2.40. The number of carboxylic acids is 1. The normalized spacial score (nSPS) is 19.6. The van der Waals surface area contributed by atoms with Crippen LogP contribution in [0.5, 0.6) is 0 Å². The summed E-state index contributed by atoms with van der Waals surface area (Å²) in [5.74, 6) is -1.06. The molecule has 0 radical (unpaired) electrons. The van der Waals surface area contributed by atoms with Crippen molar-refractivity contribution in [1.29, 1.82) is 0 Å². The van der Waals surface area contributed by atoms with Crippen molar-refractivity contribution in [2.24, 2.45) is 0 Å². The Morgan fingerprint density at radius 3 is 2.89 bits per heavy atom. The zero-order valence-corrected chi connectivity index (χ0v) is 10.1. The fourth-order valence-corrected chi connectivity index (χ4v) is 2.25. The second-order valence-corrected chi connectivity index (χ2v) is 4.43. The first-order valence-electron chi connectivity index (χ1n) is 6.10. The van der Waals surface area contributed by atoms with Crippen molar-refractivity contribution in [3.63, 3.8) is 0 Å². The van der Waals surface area contributed by atoms with E-state index < -0.39 is 12.0 Å². The third-order valence-corrected chi connectivity index (χ3v) is 3.17. The number of carbonyl (C=O) groups is 2. The van der Waals surface area contributed by atoms with Gasteiger partial charge in [-0.3, -0.25) is 9.78 Å². The van der Waals surface area contributed by atoms with Gasteiger partial charge < -0.3 is 10.0 Å². The summed E-state index contributed by atoms with van der Waals surface area (Å²) in [6.45, 7) is 0.530. The lowest BCUT2D eigenvalue weighted by Gasteiger charge is -2.32. The second-order valence-electron chi connectivity index (χ2n) is 4.43. The highest BCUT2D eigenvalue weighted by Gasteiger charge is 2.31. The Morgan fingerprint density at radius 1 is 1.39 bits per heavy atom. The molecule has 1 unspecified atom stereocenters. The van der Waals surface area contributed by atoms with Crippen LogP contribution in [0.1, 0.15) is 25.0 Å². The molecule has 5 nitrogen and oxygen atoms in total. The molecule has 0 saturated carbocycles. The third kappa shape index (κ3) is 2.85. The molecule has 1 aromatic heterocycles. The number of likely N-dealkylation sites (tertiary alicyclic amines) is 1. The first-order chi connectivity index (χ1) is 8.68. The molecule has 1 aromatic rings. The van der Waals surface area contributed by atoms with Crippen LogP contribution in [0.2, 0.25) is 0 Å². The molecular formula is C13H16N2O3. The van der Waals surface area contributed by atoms with Gasteiger partial charge in [-0.1, -0.05) is 6.07 Å². The summed E-state index contributed by atoms with van der Waals surface area (Å²) in [4.78, 5) is 28.8. The molecule has 5 heteroatoms. The van der Waals surface area contributed by atoms with Crippen molar-refractivity contribution in [1.82, 2.24) is 9.88 Å². The minimum Gasteiger partial charge on any atom is -0.480 e. The van der Waals surface area contributed by atoms with Crippen LogP contribution >= 0.6 is 0 Å². The lowest BCUT2D eigenvalue weighted by Crippen LogP contribution is -2.48. The maximum absolute atomic E-state index is 12.1. The standard InChI is InChI=1S/C13H16N2O3/c16-12(9-10-5-1-3-7-14-10)15-8-4-2-6-11(15)13(17)18/h1,3,5,7,11H,2,4,6,8-9H2,(H,17,18). The van der Waals surface area contributed by atoms with Gasteiger partial charge in [0.2, 0.25) is 5.91 Å². The van der Waals surface area contributed by atoms with Crippen molar-refractivity contribution in [2.75, 3.05) is 6.54 Å². The molecule has 0 aliphatic carbocycles. The van der Waals surface area contributed by atoms with Gasteiger partial charge >= 0.3 is 5.97 Å². The Labute approximate surface area is 105 Å². The number of amides is 1. The summed E-state index contributed by atoms with van der Waals surface area (Å²) in [6.07, 6.45) is 4.09. The SMILES string of the molecule is O=C(O)C1CCCCN1C(=O)Cc1ccccn1. The van der Waals surface area contributed by atoms with E-state index in [2.05, 4.69) is 4.98 Å². The lowest BCUT2D eigenvalue weighted by atomic mass is 10.0. The molecule has 1 saturated heterocycles. The van der Waals surface area contributed by atoms with E-state index in [0.29, 0.717) is 18.7 Å². The predicted molar refractivity (Wildman–Crippen MR) is 64.9 cm³/mol. The number of nitrogens with zero attached hydrogens (tertiary/aromatic N) is 2. The minimum absolute atomic E-state index is 0.152. The summed E-state index contributed by atoms with van der Waals surface area (Å²) in [5, 5.41) is 9.11. The van der Waals surface area contributed by atoms with Crippen LogP contribution in [-0.2, 0) is 16.0 Å². The zero-order valence-electron chi connectivity index (χ0n) is 10.1. The molecule has 1 aliphatic rings. The smallest absolute Gasteiger partial charge is 0.326 e. The number of pyridine rings is 1. The van der Waals surface area contributed by atoms with Crippen molar-refractivity contribution >= 4 is 11.9 Å². The summed E-state index contributed by atoms with van der Waals surface area (Å²) < 4.78 is 0. The number of hydrogen-bond acceptors (Lipinski definition) is 3. The summed E-state index contributed by atoms with van der Waals surface area (Å²) >= 11 is 0. The number of piperidine rings is 1. The van der Waals surface area contributed by atoms with Gasteiger partial charge in [-0.05, 0) is 31.4 Å². The van der Waals surface area contributed by atoms with E-state index in [0.717, 1.165) is 12.8 Å². The highest BCUT2D eigenvalue weighted by Crippen LogP contribution is 2.18. The molecule has 0 bridgehead atoms. The van der Waals surface area contributed by atoms with Crippen LogP contribution in [0.4, 0.5) is 0 Å². The van der Waals surface area contributed by atoms with Crippen LogP contribution in [-0.4, -0.2) is 39.5 Å². The molecule has 1 amide bonds. The quantitative estimate of drug-likeness (QED) is 0.869. The van der Waals surface area contributed by atoms with Crippen LogP contribution in [0.3, 0.4) is 0 Å². The van der Waals surface area contributed by atoms with Gasteiger partial charge in [0, 0.05) is 18.4 Å². The van der Waals surface area contributed by atoms with E-state index in [1.54, 1.807) is 18.3 Å². The van der Waals surface area contributed by atoms with E-state index in [1.165, 1.54) is 4.90 Å². The van der Waals surface area contributed by atoms with Gasteiger partial charge in [0.25, 0.3) is 0 Å². The highest BCUT2D eigenvalue weighted by atomic mass is 16.4. The highest BCUT2D eigenvalue weighted by molar-refractivity contribution is 5.85. The first kappa shape index (κ1) is 12.5. The molecule has 1 atom stereocenters. The number of carboxylic acid groups (broad SMARTS) is 1. The Bertz CT molecular complexity index is 433. The van der Waals surface area contributed by atoms with E-state index in [-0.39, 0.29) is 12.3 Å². The van der Waals surface area contributed by atoms with Gasteiger partial charge in [-0.2, -0.15) is 0 Å². The molecular weight excluding hydrogens is 232 g/mol. The van der Waals surface area contributed by atoms with Crippen LogP contribution in [0, 0.1) is 0 Å². The van der Waals surface area contributed by atoms with E-state index in [4.69, 9.17) is 5.11 Å². The molecule has 1 aliphatic heterocycles. The third-order valence-electron chi connectivity index (χ3n) is 3.17. The Morgan fingerprint density at radius 2 is 2.22 bits per heavy atom. The van der Waals surface area contributed by atoms with Gasteiger partial charge in [-0.15, -0.1) is 0 Å². The Hall–Kier alpha value is -1.91. The molecule has 0 spiro atoms. The predicted octanol–water partition coefficient (Wildman–Crippen LogP) is 1.09. The van der Waals surface area contributed by atoms with Crippen molar-refractivity contribution in [3.05, 3.63) is 30.1 Å². The number of rotatable bonds is 3.